The van der Waals surface area contributed by atoms with Gasteiger partial charge in [-0.15, -0.1) is 0 Å². The van der Waals surface area contributed by atoms with Crippen LogP contribution >= 0.6 is 0 Å². The van der Waals surface area contributed by atoms with Gasteiger partial charge in [-0.2, -0.15) is 5.26 Å². The van der Waals surface area contributed by atoms with E-state index in [1.54, 1.807) is 12.1 Å². The van der Waals surface area contributed by atoms with Gasteiger partial charge in [0.15, 0.2) is 0 Å². The van der Waals surface area contributed by atoms with Crippen molar-refractivity contribution >= 4 is 16.7 Å². The van der Waals surface area contributed by atoms with Crippen molar-refractivity contribution in [1.29, 1.82) is 5.26 Å². The number of phenolic OH excluding ortho intramolecular Hbond substituents is 1. The summed E-state index contributed by atoms with van der Waals surface area (Å²) in [6, 6.07) is 17.4. The van der Waals surface area contributed by atoms with Gasteiger partial charge in [-0.25, -0.2) is 0 Å². The number of benzene rings is 2. The molecule has 0 saturated carbocycles. The largest absolute Gasteiger partial charge is 0.508 e. The Morgan fingerprint density at radius 2 is 1.83 bits per heavy atom. The first-order valence-corrected chi connectivity index (χ1v) is 8.21. The maximum Gasteiger partial charge on any atom is 0.132 e. The van der Waals surface area contributed by atoms with Gasteiger partial charge < -0.3 is 10.0 Å². The maximum absolute atomic E-state index is 9.77. The third-order valence-electron chi connectivity index (χ3n) is 4.28. The quantitative estimate of drug-likeness (QED) is 0.756. The molecule has 0 aliphatic carbocycles. The molecule has 1 aromatic heterocycles. The minimum Gasteiger partial charge on any atom is -0.508 e. The number of aromatic nitrogens is 1. The van der Waals surface area contributed by atoms with E-state index < -0.39 is 0 Å². The third kappa shape index (κ3) is 2.69. The van der Waals surface area contributed by atoms with Crippen LogP contribution in [0.2, 0.25) is 0 Å². The third-order valence-corrected chi connectivity index (χ3v) is 4.28. The van der Waals surface area contributed by atoms with Crippen LogP contribution in [0.5, 0.6) is 5.75 Å². The van der Waals surface area contributed by atoms with Gasteiger partial charge in [0, 0.05) is 24.7 Å². The molecule has 3 rings (SSSR count). The van der Waals surface area contributed by atoms with E-state index in [9.17, 15) is 10.4 Å². The summed E-state index contributed by atoms with van der Waals surface area (Å²) in [7, 11) is 2.03. The second kappa shape index (κ2) is 6.67. The lowest BCUT2D eigenvalue weighted by Crippen LogP contribution is -2.22. The molecule has 0 aliphatic heterocycles. The van der Waals surface area contributed by atoms with Crippen LogP contribution < -0.4 is 4.90 Å². The van der Waals surface area contributed by atoms with Gasteiger partial charge in [-0.1, -0.05) is 31.5 Å². The van der Waals surface area contributed by atoms with Crippen LogP contribution in [0.25, 0.3) is 16.6 Å². The first kappa shape index (κ1) is 15.9. The normalized spacial score (nSPS) is 10.7. The lowest BCUT2D eigenvalue weighted by atomic mass is 10.2. The monoisotopic (exact) mass is 319 g/mol. The minimum atomic E-state index is 0.233. The molecule has 2 aromatic carbocycles. The molecule has 0 saturated heterocycles. The lowest BCUT2D eigenvalue weighted by molar-refractivity contribution is 0.475. The van der Waals surface area contributed by atoms with E-state index in [0.29, 0.717) is 5.56 Å². The molecule has 0 fully saturated rings. The highest BCUT2D eigenvalue weighted by molar-refractivity contribution is 5.94. The van der Waals surface area contributed by atoms with Crippen molar-refractivity contribution in [2.45, 2.75) is 19.8 Å². The molecule has 4 nitrogen and oxygen atoms in total. The van der Waals surface area contributed by atoms with Crippen LogP contribution in [0.3, 0.4) is 0 Å². The molecule has 122 valence electrons. The van der Waals surface area contributed by atoms with E-state index in [-0.39, 0.29) is 5.75 Å². The smallest absolute Gasteiger partial charge is 0.132 e. The summed E-state index contributed by atoms with van der Waals surface area (Å²) in [5, 5.41) is 20.3. The van der Waals surface area contributed by atoms with E-state index in [4.69, 9.17) is 0 Å². The van der Waals surface area contributed by atoms with E-state index in [2.05, 4.69) is 22.5 Å². The van der Waals surface area contributed by atoms with Gasteiger partial charge in [0.2, 0.25) is 0 Å². The SMILES string of the molecule is CCCCN(C)c1c(C#N)c2ccccc2n1-c1ccc(O)cc1. The van der Waals surface area contributed by atoms with E-state index in [1.165, 1.54) is 0 Å². The molecule has 24 heavy (non-hydrogen) atoms. The zero-order valence-corrected chi connectivity index (χ0v) is 14.0. The van der Waals surface area contributed by atoms with Gasteiger partial charge in [-0.3, -0.25) is 4.57 Å². The molecule has 0 amide bonds. The second-order valence-corrected chi connectivity index (χ2v) is 5.95. The molecule has 3 aromatic rings. The number of unbranched alkanes of at least 4 members (excludes halogenated alkanes) is 1. The van der Waals surface area contributed by atoms with E-state index >= 15 is 0 Å². The molecule has 0 bridgehead atoms. The first-order chi connectivity index (χ1) is 11.7. The molecule has 1 N–H and O–H groups in total. The Morgan fingerprint density at radius 3 is 2.50 bits per heavy atom. The standard InChI is InChI=1S/C20H21N3O/c1-3-4-13-22(2)20-18(14-21)17-7-5-6-8-19(17)23(20)15-9-11-16(24)12-10-15/h5-12,24H,3-4,13H2,1-2H3. The number of fused-ring (bicyclic) bond motifs is 1. The second-order valence-electron chi connectivity index (χ2n) is 5.95. The molecule has 4 heteroatoms. The van der Waals surface area contributed by atoms with Crippen LogP contribution in [0.15, 0.2) is 48.5 Å². The summed E-state index contributed by atoms with van der Waals surface area (Å²) < 4.78 is 2.10. The van der Waals surface area contributed by atoms with Crippen LogP contribution in [0.4, 0.5) is 5.82 Å². The summed E-state index contributed by atoms with van der Waals surface area (Å²) in [6.07, 6.45) is 2.17. The molecule has 1 heterocycles. The van der Waals surface area contributed by atoms with Crippen molar-refractivity contribution in [3.8, 4) is 17.5 Å². The average molecular weight is 319 g/mol. The average Bonchev–Trinajstić information content (AvgIpc) is 2.94. The fraction of sp³-hybridized carbons (Fsp3) is 0.250. The highest BCUT2D eigenvalue weighted by Crippen LogP contribution is 2.35. The van der Waals surface area contributed by atoms with Crippen LogP contribution in [-0.4, -0.2) is 23.3 Å². The van der Waals surface area contributed by atoms with E-state index in [1.807, 2.05) is 43.4 Å². The summed E-state index contributed by atoms with van der Waals surface area (Å²) in [5.74, 6) is 1.13. The van der Waals surface area contributed by atoms with Gasteiger partial charge in [0.25, 0.3) is 0 Å². The summed E-state index contributed by atoms with van der Waals surface area (Å²) >= 11 is 0. The van der Waals surface area contributed by atoms with Crippen molar-refractivity contribution in [3.05, 3.63) is 54.1 Å². The van der Waals surface area contributed by atoms with Crippen LogP contribution in [-0.2, 0) is 0 Å². The number of phenols is 1. The number of rotatable bonds is 5. The molecular weight excluding hydrogens is 298 g/mol. The van der Waals surface area contributed by atoms with Crippen LogP contribution in [0.1, 0.15) is 25.3 Å². The van der Waals surface area contributed by atoms with Crippen molar-refractivity contribution < 1.29 is 5.11 Å². The van der Waals surface area contributed by atoms with Gasteiger partial charge in [0.05, 0.1) is 5.52 Å². The van der Waals surface area contributed by atoms with Crippen molar-refractivity contribution in [2.75, 3.05) is 18.5 Å². The Kier molecular flexibility index (Phi) is 4.43. The molecule has 0 spiro atoms. The van der Waals surface area contributed by atoms with Crippen molar-refractivity contribution in [1.82, 2.24) is 4.57 Å². The molecule has 0 unspecified atom stereocenters. The zero-order valence-electron chi connectivity index (χ0n) is 14.0. The summed E-state index contributed by atoms with van der Waals surface area (Å²) in [6.45, 7) is 3.05. The Hall–Kier alpha value is -2.93. The predicted octanol–water partition coefficient (Wildman–Crippen LogP) is 4.44. The lowest BCUT2D eigenvalue weighted by Gasteiger charge is -2.22. The number of hydrogen-bond acceptors (Lipinski definition) is 3. The predicted molar refractivity (Wildman–Crippen MR) is 97.8 cm³/mol. The van der Waals surface area contributed by atoms with Gasteiger partial charge in [-0.05, 0) is 36.8 Å². The Labute approximate surface area is 142 Å². The summed E-state index contributed by atoms with van der Waals surface area (Å²) in [4.78, 5) is 2.15. The summed E-state index contributed by atoms with van der Waals surface area (Å²) in [5.41, 5.74) is 2.62. The van der Waals surface area contributed by atoms with Gasteiger partial charge >= 0.3 is 0 Å². The minimum absolute atomic E-state index is 0.233. The first-order valence-electron chi connectivity index (χ1n) is 8.21. The molecule has 0 radical (unpaired) electrons. The Balaban J connectivity index is 2.29. The number of nitriles is 1. The molecule has 0 aliphatic rings. The zero-order chi connectivity index (χ0) is 17.1. The topological polar surface area (TPSA) is 52.2 Å². The highest BCUT2D eigenvalue weighted by atomic mass is 16.3. The number of aromatic hydroxyl groups is 1. The van der Waals surface area contributed by atoms with Gasteiger partial charge in [0.1, 0.15) is 23.2 Å². The fourth-order valence-electron chi connectivity index (χ4n) is 3.06. The van der Waals surface area contributed by atoms with Crippen LogP contribution in [0, 0.1) is 11.3 Å². The number of nitrogens with zero attached hydrogens (tertiary/aromatic N) is 3. The Morgan fingerprint density at radius 1 is 1.12 bits per heavy atom. The highest BCUT2D eigenvalue weighted by Gasteiger charge is 2.20. The number of hydrogen-bond donors (Lipinski definition) is 1. The van der Waals surface area contributed by atoms with E-state index in [0.717, 1.165) is 41.8 Å². The molecular formula is C20H21N3O. The molecule has 0 atom stereocenters. The number of anilines is 1. The number of para-hydroxylation sites is 1. The Bertz CT molecular complexity index is 888. The van der Waals surface area contributed by atoms with Crippen molar-refractivity contribution in [2.24, 2.45) is 0 Å². The maximum atomic E-state index is 9.77. The van der Waals surface area contributed by atoms with Crippen molar-refractivity contribution in [3.63, 3.8) is 0 Å². The fourth-order valence-corrected chi connectivity index (χ4v) is 3.06.